The molecule has 2 N–H and O–H groups in total. The molecule has 2 atom stereocenters. The smallest absolute Gasteiger partial charge is 0.340 e. The number of carbonyl (C=O) groups is 1. The predicted molar refractivity (Wildman–Crippen MR) is 77.7 cm³/mol. The third kappa shape index (κ3) is 2.45. The zero-order valence-corrected chi connectivity index (χ0v) is 13.7. The molecule has 10 heteroatoms. The molecule has 3 rings (SSSR count). The summed E-state index contributed by atoms with van der Waals surface area (Å²) in [6, 6.07) is 0. The number of aromatic amines is 1. The molecular formula is C13H19N3O6S. The molecule has 0 spiro atoms. The number of ether oxygens (including phenoxy) is 2. The van der Waals surface area contributed by atoms with Crippen LogP contribution in [0.1, 0.15) is 22.5 Å². The molecule has 2 aliphatic rings. The molecule has 0 aromatic carbocycles. The maximum absolute atomic E-state index is 12.8. The monoisotopic (exact) mass is 345 g/mol. The number of carboxylic acids is 1. The summed E-state index contributed by atoms with van der Waals surface area (Å²) in [5.41, 5.74) is -0.765. The highest BCUT2D eigenvalue weighted by molar-refractivity contribution is 7.89. The molecule has 0 unspecified atom stereocenters. The number of aromatic nitrogens is 2. The first kappa shape index (κ1) is 16.4. The van der Waals surface area contributed by atoms with Gasteiger partial charge in [-0.05, 0) is 13.3 Å². The molecule has 23 heavy (non-hydrogen) atoms. The Kier molecular flexibility index (Phi) is 3.95. The highest BCUT2D eigenvalue weighted by Crippen LogP contribution is 2.41. The first-order valence-corrected chi connectivity index (χ1v) is 8.67. The first-order valence-electron chi connectivity index (χ1n) is 7.23. The third-order valence-electron chi connectivity index (χ3n) is 4.57. The van der Waals surface area contributed by atoms with E-state index < -0.39 is 26.6 Å². The van der Waals surface area contributed by atoms with Gasteiger partial charge in [0.2, 0.25) is 5.03 Å². The molecule has 0 aliphatic carbocycles. The van der Waals surface area contributed by atoms with Gasteiger partial charge in [-0.2, -0.15) is 9.40 Å². The van der Waals surface area contributed by atoms with E-state index in [9.17, 15) is 18.3 Å². The van der Waals surface area contributed by atoms with E-state index in [-0.39, 0.29) is 30.3 Å². The zero-order valence-electron chi connectivity index (χ0n) is 12.9. The van der Waals surface area contributed by atoms with Crippen molar-refractivity contribution in [3.8, 4) is 0 Å². The Hall–Kier alpha value is -1.49. The summed E-state index contributed by atoms with van der Waals surface area (Å²) in [6.07, 6.45) is 0.751. The largest absolute Gasteiger partial charge is 0.478 e. The normalized spacial score (nSPS) is 28.2. The van der Waals surface area contributed by atoms with Gasteiger partial charge in [-0.1, -0.05) is 0 Å². The number of methoxy groups -OCH3 is 1. The second kappa shape index (κ2) is 5.55. The Morgan fingerprint density at radius 1 is 1.61 bits per heavy atom. The van der Waals surface area contributed by atoms with Crippen LogP contribution in [-0.4, -0.2) is 73.0 Å². The van der Waals surface area contributed by atoms with Gasteiger partial charge in [0.1, 0.15) is 11.2 Å². The maximum Gasteiger partial charge on any atom is 0.340 e. The summed E-state index contributed by atoms with van der Waals surface area (Å²) in [5.74, 6) is -1.29. The molecule has 9 nitrogen and oxygen atoms in total. The van der Waals surface area contributed by atoms with E-state index in [4.69, 9.17) is 9.47 Å². The summed E-state index contributed by atoms with van der Waals surface area (Å²) in [5, 5.41) is 15.0. The number of rotatable bonds is 5. The number of aryl methyl sites for hydroxylation is 1. The van der Waals surface area contributed by atoms with Gasteiger partial charge in [-0.25, -0.2) is 13.2 Å². The van der Waals surface area contributed by atoms with Crippen molar-refractivity contribution in [2.24, 2.45) is 5.92 Å². The second-order valence-corrected chi connectivity index (χ2v) is 7.82. The van der Waals surface area contributed by atoms with Gasteiger partial charge >= 0.3 is 5.97 Å². The Morgan fingerprint density at radius 3 is 3.00 bits per heavy atom. The van der Waals surface area contributed by atoms with Crippen molar-refractivity contribution in [3.63, 3.8) is 0 Å². The highest BCUT2D eigenvalue weighted by atomic mass is 32.2. The average molecular weight is 345 g/mol. The lowest BCUT2D eigenvalue weighted by Gasteiger charge is -2.27. The molecule has 0 radical (unpaired) electrons. The summed E-state index contributed by atoms with van der Waals surface area (Å²) in [4.78, 5) is 11.3. The SMILES string of the molecule is COC[C@]12CN(S(=O)(=O)c3n[nH]c(C)c3C(=O)O)C[C@H]1CCO2. The Bertz CT molecular complexity index is 730. The Labute approximate surface area is 133 Å². The van der Waals surface area contributed by atoms with Crippen molar-refractivity contribution in [2.45, 2.75) is 24.0 Å². The summed E-state index contributed by atoms with van der Waals surface area (Å²) in [6.45, 7) is 2.76. The average Bonchev–Trinajstić information content (AvgIpc) is 3.10. The van der Waals surface area contributed by atoms with Crippen molar-refractivity contribution in [2.75, 3.05) is 33.4 Å². The molecule has 2 saturated heterocycles. The number of hydrogen-bond acceptors (Lipinski definition) is 6. The van der Waals surface area contributed by atoms with E-state index in [0.717, 1.165) is 6.42 Å². The fraction of sp³-hybridized carbons (Fsp3) is 0.692. The van der Waals surface area contributed by atoms with Crippen molar-refractivity contribution in [1.82, 2.24) is 14.5 Å². The quantitative estimate of drug-likeness (QED) is 0.760. The number of H-pyrrole nitrogens is 1. The van der Waals surface area contributed by atoms with Gasteiger partial charge in [0, 0.05) is 38.4 Å². The van der Waals surface area contributed by atoms with Crippen molar-refractivity contribution in [3.05, 3.63) is 11.3 Å². The molecule has 128 valence electrons. The number of sulfonamides is 1. The lowest BCUT2D eigenvalue weighted by atomic mass is 9.92. The lowest BCUT2D eigenvalue weighted by Crippen LogP contribution is -2.42. The Balaban J connectivity index is 1.95. The van der Waals surface area contributed by atoms with Crippen LogP contribution in [0.5, 0.6) is 0 Å². The fourth-order valence-electron chi connectivity index (χ4n) is 3.43. The van der Waals surface area contributed by atoms with Crippen LogP contribution >= 0.6 is 0 Å². The van der Waals surface area contributed by atoms with E-state index >= 15 is 0 Å². The zero-order chi connectivity index (χ0) is 16.8. The van der Waals surface area contributed by atoms with E-state index in [1.54, 1.807) is 7.11 Å². The minimum Gasteiger partial charge on any atom is -0.478 e. The van der Waals surface area contributed by atoms with Crippen LogP contribution in [0.2, 0.25) is 0 Å². The minimum atomic E-state index is -4.02. The summed E-state index contributed by atoms with van der Waals surface area (Å²) >= 11 is 0. The first-order chi connectivity index (χ1) is 10.8. The highest BCUT2D eigenvalue weighted by Gasteiger charge is 2.54. The molecule has 2 aliphatic heterocycles. The van der Waals surface area contributed by atoms with Gasteiger partial charge in [-0.3, -0.25) is 5.10 Å². The summed E-state index contributed by atoms with van der Waals surface area (Å²) in [7, 11) is -2.47. The molecular weight excluding hydrogens is 326 g/mol. The van der Waals surface area contributed by atoms with Crippen LogP contribution in [-0.2, 0) is 19.5 Å². The topological polar surface area (TPSA) is 122 Å². The van der Waals surface area contributed by atoms with Crippen LogP contribution in [0.15, 0.2) is 5.03 Å². The molecule has 3 heterocycles. The van der Waals surface area contributed by atoms with E-state index in [0.29, 0.717) is 13.2 Å². The Morgan fingerprint density at radius 2 is 2.35 bits per heavy atom. The lowest BCUT2D eigenvalue weighted by molar-refractivity contribution is -0.0552. The maximum atomic E-state index is 12.8. The van der Waals surface area contributed by atoms with E-state index in [1.807, 2.05) is 0 Å². The second-order valence-electron chi connectivity index (χ2n) is 5.96. The fourth-order valence-corrected chi connectivity index (χ4v) is 5.10. The predicted octanol–water partition coefficient (Wildman–Crippen LogP) is -0.158. The standard InChI is InChI=1S/C13H19N3O6S/c1-8-10(12(17)18)11(15-14-8)23(19,20)16-5-9-3-4-22-13(9,6-16)7-21-2/h9H,3-7H2,1-2H3,(H,14,15)(H,17,18)/t9-,13-/m1/s1. The molecule has 0 saturated carbocycles. The van der Waals surface area contributed by atoms with Gasteiger partial charge in [0.25, 0.3) is 10.0 Å². The molecule has 0 amide bonds. The third-order valence-corrected chi connectivity index (χ3v) is 6.31. The number of nitrogens with one attached hydrogen (secondary N) is 1. The van der Waals surface area contributed by atoms with E-state index in [1.165, 1.54) is 11.2 Å². The molecule has 1 aromatic heterocycles. The molecule has 2 fully saturated rings. The number of hydrogen-bond donors (Lipinski definition) is 2. The van der Waals surface area contributed by atoms with Crippen molar-refractivity contribution >= 4 is 16.0 Å². The van der Waals surface area contributed by atoms with E-state index in [2.05, 4.69) is 10.2 Å². The van der Waals surface area contributed by atoms with Crippen molar-refractivity contribution < 1.29 is 27.8 Å². The number of carboxylic acid groups (broad SMARTS) is 1. The van der Waals surface area contributed by atoms with Gasteiger partial charge < -0.3 is 14.6 Å². The van der Waals surface area contributed by atoms with Crippen LogP contribution < -0.4 is 0 Å². The summed E-state index contributed by atoms with van der Waals surface area (Å²) < 4.78 is 37.9. The molecule has 1 aromatic rings. The number of fused-ring (bicyclic) bond motifs is 1. The van der Waals surface area contributed by atoms with Gasteiger partial charge in [-0.15, -0.1) is 0 Å². The number of aromatic carboxylic acids is 1. The van der Waals surface area contributed by atoms with Crippen LogP contribution in [0, 0.1) is 12.8 Å². The van der Waals surface area contributed by atoms with Crippen molar-refractivity contribution in [1.29, 1.82) is 0 Å². The molecule has 0 bridgehead atoms. The van der Waals surface area contributed by atoms with Crippen LogP contribution in [0.4, 0.5) is 0 Å². The van der Waals surface area contributed by atoms with Gasteiger partial charge in [0.15, 0.2) is 0 Å². The number of nitrogens with zero attached hydrogens (tertiary/aromatic N) is 2. The van der Waals surface area contributed by atoms with Crippen LogP contribution in [0.25, 0.3) is 0 Å². The van der Waals surface area contributed by atoms with Gasteiger partial charge in [0.05, 0.1) is 6.61 Å². The minimum absolute atomic E-state index is 0.0329. The van der Waals surface area contributed by atoms with Crippen LogP contribution in [0.3, 0.4) is 0 Å².